The van der Waals surface area contributed by atoms with Gasteiger partial charge in [-0.15, -0.1) is 0 Å². The van der Waals surface area contributed by atoms with Crippen LogP contribution in [0.1, 0.15) is 41.6 Å². The first-order chi connectivity index (χ1) is 13.9. The van der Waals surface area contributed by atoms with Gasteiger partial charge in [-0.2, -0.15) is 26.3 Å². The molecule has 2 N–H and O–H groups in total. The standard InChI is InChI=1S/C21H19F6NO2/c1-13(19(29)30)2-11-18(15-5-9-17(10-6-15)21(25,26)27)28-12-14-3-7-16(8-4-14)20(22,23)24/h2-10,18,28H,11-12H2,1H3,(H,29,30). The molecule has 9 heteroatoms. The van der Waals surface area contributed by atoms with Crippen LogP contribution in [0, 0.1) is 0 Å². The molecule has 0 spiro atoms. The van der Waals surface area contributed by atoms with Crippen LogP contribution >= 0.6 is 0 Å². The summed E-state index contributed by atoms with van der Waals surface area (Å²) in [7, 11) is 0. The van der Waals surface area contributed by atoms with Crippen LogP contribution in [0.2, 0.25) is 0 Å². The Balaban J connectivity index is 2.19. The van der Waals surface area contributed by atoms with Crippen molar-refractivity contribution in [2.24, 2.45) is 0 Å². The molecule has 2 rings (SSSR count). The molecule has 1 atom stereocenters. The lowest BCUT2D eigenvalue weighted by molar-refractivity contribution is -0.138. The maximum absolute atomic E-state index is 12.8. The summed E-state index contributed by atoms with van der Waals surface area (Å²) < 4.78 is 76.3. The van der Waals surface area contributed by atoms with E-state index in [2.05, 4.69) is 5.32 Å². The Bertz CT molecular complexity index is 884. The molecule has 0 heterocycles. The van der Waals surface area contributed by atoms with Gasteiger partial charge in [0, 0.05) is 18.2 Å². The van der Waals surface area contributed by atoms with Crippen molar-refractivity contribution in [1.29, 1.82) is 0 Å². The zero-order valence-corrected chi connectivity index (χ0v) is 15.8. The summed E-state index contributed by atoms with van der Waals surface area (Å²) in [6.07, 6.45) is -7.33. The lowest BCUT2D eigenvalue weighted by atomic mass is 10.00. The Labute approximate surface area is 169 Å². The molecule has 2 aromatic rings. The molecule has 0 aromatic heterocycles. The van der Waals surface area contributed by atoms with E-state index in [0.29, 0.717) is 11.1 Å². The van der Waals surface area contributed by atoms with Gasteiger partial charge >= 0.3 is 18.3 Å². The molecule has 0 saturated carbocycles. The van der Waals surface area contributed by atoms with Gasteiger partial charge in [-0.3, -0.25) is 0 Å². The monoisotopic (exact) mass is 431 g/mol. The Morgan fingerprint density at radius 3 is 1.83 bits per heavy atom. The molecular weight excluding hydrogens is 412 g/mol. The zero-order valence-electron chi connectivity index (χ0n) is 15.8. The van der Waals surface area contributed by atoms with Gasteiger partial charge in [0.05, 0.1) is 11.1 Å². The third-order valence-electron chi connectivity index (χ3n) is 4.47. The number of carbonyl (C=O) groups is 1. The molecule has 3 nitrogen and oxygen atoms in total. The maximum atomic E-state index is 12.8. The van der Waals surface area contributed by atoms with Crippen LogP contribution in [0.5, 0.6) is 0 Å². The fourth-order valence-electron chi connectivity index (χ4n) is 2.68. The number of rotatable bonds is 7. The Hall–Kier alpha value is -2.81. The van der Waals surface area contributed by atoms with E-state index in [1.54, 1.807) is 0 Å². The molecule has 30 heavy (non-hydrogen) atoms. The summed E-state index contributed by atoms with van der Waals surface area (Å²) in [6.45, 7) is 1.53. The van der Waals surface area contributed by atoms with Gasteiger partial charge in [-0.05, 0) is 48.7 Å². The van der Waals surface area contributed by atoms with Crippen molar-refractivity contribution >= 4 is 5.97 Å². The number of benzene rings is 2. The lowest BCUT2D eigenvalue weighted by Gasteiger charge is -2.19. The summed E-state index contributed by atoms with van der Waals surface area (Å²) in [6, 6.07) is 8.39. The second-order valence-electron chi connectivity index (χ2n) is 6.68. The Morgan fingerprint density at radius 2 is 1.40 bits per heavy atom. The Morgan fingerprint density at radius 1 is 0.933 bits per heavy atom. The molecule has 0 aliphatic heterocycles. The first-order valence-corrected chi connectivity index (χ1v) is 8.84. The molecule has 0 bridgehead atoms. The number of hydrogen-bond acceptors (Lipinski definition) is 2. The van der Waals surface area contributed by atoms with Gasteiger partial charge in [0.1, 0.15) is 0 Å². The van der Waals surface area contributed by atoms with Gasteiger partial charge in [-0.1, -0.05) is 30.3 Å². The average Bonchev–Trinajstić information content (AvgIpc) is 2.67. The molecule has 0 aliphatic carbocycles. The molecule has 0 fully saturated rings. The third-order valence-corrected chi connectivity index (χ3v) is 4.47. The van der Waals surface area contributed by atoms with Crippen LogP contribution in [0.4, 0.5) is 26.3 Å². The summed E-state index contributed by atoms with van der Waals surface area (Å²) in [4.78, 5) is 11.0. The van der Waals surface area contributed by atoms with Crippen LogP contribution in [-0.4, -0.2) is 11.1 Å². The molecule has 0 saturated heterocycles. The SMILES string of the molecule is CC(=CCC(NCc1ccc(C(F)(F)F)cc1)c1ccc(C(F)(F)F)cc1)C(=O)O. The summed E-state index contributed by atoms with van der Waals surface area (Å²) in [5, 5.41) is 12.0. The largest absolute Gasteiger partial charge is 0.478 e. The molecule has 0 aliphatic rings. The number of carboxylic acid groups (broad SMARTS) is 1. The van der Waals surface area contributed by atoms with Crippen molar-refractivity contribution in [3.8, 4) is 0 Å². The minimum absolute atomic E-state index is 0.0724. The molecular formula is C21H19F6NO2. The fraction of sp³-hybridized carbons (Fsp3) is 0.286. The number of halogens is 6. The lowest BCUT2D eigenvalue weighted by Crippen LogP contribution is -2.21. The minimum Gasteiger partial charge on any atom is -0.478 e. The first kappa shape index (κ1) is 23.5. The highest BCUT2D eigenvalue weighted by Gasteiger charge is 2.31. The number of nitrogens with one attached hydrogen (secondary N) is 1. The highest BCUT2D eigenvalue weighted by Crippen LogP contribution is 2.31. The molecule has 0 amide bonds. The predicted octanol–water partition coefficient (Wildman–Crippen LogP) is 5.98. The van der Waals surface area contributed by atoms with Crippen molar-refractivity contribution in [2.45, 2.75) is 38.3 Å². The van der Waals surface area contributed by atoms with E-state index >= 15 is 0 Å². The minimum atomic E-state index is -4.48. The van der Waals surface area contributed by atoms with Crippen molar-refractivity contribution in [2.75, 3.05) is 0 Å². The van der Waals surface area contributed by atoms with Crippen molar-refractivity contribution in [3.63, 3.8) is 0 Å². The number of alkyl halides is 6. The van der Waals surface area contributed by atoms with Crippen molar-refractivity contribution in [3.05, 3.63) is 82.4 Å². The number of carboxylic acids is 1. The van der Waals surface area contributed by atoms with E-state index in [4.69, 9.17) is 5.11 Å². The topological polar surface area (TPSA) is 49.3 Å². The van der Waals surface area contributed by atoms with Gasteiger partial charge in [0.25, 0.3) is 0 Å². The van der Waals surface area contributed by atoms with Gasteiger partial charge < -0.3 is 10.4 Å². The van der Waals surface area contributed by atoms with Crippen molar-refractivity contribution < 1.29 is 36.2 Å². The molecule has 1 unspecified atom stereocenters. The van der Waals surface area contributed by atoms with Crippen LogP contribution in [0.25, 0.3) is 0 Å². The summed E-state index contributed by atoms with van der Waals surface area (Å²) in [5.74, 6) is -1.12. The van der Waals surface area contributed by atoms with E-state index in [-0.39, 0.29) is 18.5 Å². The Kier molecular flexibility index (Phi) is 7.30. The van der Waals surface area contributed by atoms with E-state index in [9.17, 15) is 31.1 Å². The normalized spacial score (nSPS) is 13.9. The number of hydrogen-bond donors (Lipinski definition) is 2. The van der Waals surface area contributed by atoms with Gasteiger partial charge in [-0.25, -0.2) is 4.79 Å². The van der Waals surface area contributed by atoms with Crippen LogP contribution in [-0.2, 0) is 23.7 Å². The van der Waals surface area contributed by atoms with Crippen LogP contribution < -0.4 is 5.32 Å². The van der Waals surface area contributed by atoms with Crippen LogP contribution in [0.15, 0.2) is 60.2 Å². The van der Waals surface area contributed by atoms with E-state index < -0.39 is 35.5 Å². The molecule has 162 valence electrons. The molecule has 0 radical (unpaired) electrons. The maximum Gasteiger partial charge on any atom is 0.416 e. The predicted molar refractivity (Wildman–Crippen MR) is 98.5 cm³/mol. The van der Waals surface area contributed by atoms with Crippen molar-refractivity contribution in [1.82, 2.24) is 5.32 Å². The van der Waals surface area contributed by atoms with E-state index in [0.717, 1.165) is 24.3 Å². The summed E-state index contributed by atoms with van der Waals surface area (Å²) >= 11 is 0. The highest BCUT2D eigenvalue weighted by molar-refractivity contribution is 5.85. The smallest absolute Gasteiger partial charge is 0.416 e. The van der Waals surface area contributed by atoms with Crippen LogP contribution in [0.3, 0.4) is 0 Å². The summed E-state index contributed by atoms with van der Waals surface area (Å²) in [5.41, 5.74) is -0.498. The first-order valence-electron chi connectivity index (χ1n) is 8.84. The number of aliphatic carboxylic acids is 1. The van der Waals surface area contributed by atoms with E-state index in [1.807, 2.05) is 0 Å². The third kappa shape index (κ3) is 6.62. The van der Waals surface area contributed by atoms with Gasteiger partial charge in [0.15, 0.2) is 0 Å². The second kappa shape index (κ2) is 9.34. The molecule has 2 aromatic carbocycles. The zero-order chi connectivity index (χ0) is 22.5. The van der Waals surface area contributed by atoms with Gasteiger partial charge in [0.2, 0.25) is 0 Å². The quantitative estimate of drug-likeness (QED) is 0.419. The van der Waals surface area contributed by atoms with E-state index in [1.165, 1.54) is 37.3 Å². The second-order valence-corrected chi connectivity index (χ2v) is 6.68. The highest BCUT2D eigenvalue weighted by atomic mass is 19.4. The average molecular weight is 431 g/mol. The fourth-order valence-corrected chi connectivity index (χ4v) is 2.68.